The highest BCUT2D eigenvalue weighted by Gasteiger charge is 2.46. The standard InChI is InChI=1S/C25H18Cl2N2OPS/c26-22-16-29-24(30)23(27)21(28-25(29)32-22)17-31(18-10-4-1-5-11-18,19-12-6-2-7-13-19)20-14-8-3-9-15-20/h1-16H,17H2/q+1. The monoisotopic (exact) mass is 495 g/mol. The van der Waals surface area contributed by atoms with E-state index in [0.29, 0.717) is 21.2 Å². The Kier molecular flexibility index (Phi) is 5.88. The van der Waals surface area contributed by atoms with E-state index < -0.39 is 7.26 Å². The van der Waals surface area contributed by atoms with E-state index in [1.807, 2.05) is 18.2 Å². The molecule has 0 bridgehead atoms. The number of hydrogen-bond acceptors (Lipinski definition) is 3. The Bertz CT molecular complexity index is 1340. The summed E-state index contributed by atoms with van der Waals surface area (Å²) >= 11 is 14.1. The van der Waals surface area contributed by atoms with Crippen LogP contribution in [0, 0.1) is 0 Å². The minimum absolute atomic E-state index is 0.143. The lowest BCUT2D eigenvalue weighted by atomic mass is 10.3. The Labute approximate surface area is 200 Å². The van der Waals surface area contributed by atoms with Gasteiger partial charge in [0.1, 0.15) is 44.4 Å². The summed E-state index contributed by atoms with van der Waals surface area (Å²) in [4.78, 5) is 18.4. The minimum Gasteiger partial charge on any atom is -0.267 e. The summed E-state index contributed by atoms with van der Waals surface area (Å²) in [6, 6.07) is 31.4. The van der Waals surface area contributed by atoms with E-state index in [9.17, 15) is 4.79 Å². The third kappa shape index (κ3) is 3.68. The van der Waals surface area contributed by atoms with Gasteiger partial charge in [-0.3, -0.25) is 9.20 Å². The fraction of sp³-hybridized carbons (Fsp3) is 0.0400. The van der Waals surface area contributed by atoms with Crippen molar-refractivity contribution in [2.24, 2.45) is 0 Å². The molecule has 0 amide bonds. The number of aromatic nitrogens is 2. The number of nitrogens with zero attached hydrogens (tertiary/aromatic N) is 2. The minimum atomic E-state index is -2.22. The summed E-state index contributed by atoms with van der Waals surface area (Å²) in [5, 5.41) is 3.77. The maximum Gasteiger partial charge on any atom is 0.277 e. The third-order valence-corrected chi connectivity index (χ3v) is 11.3. The first-order valence-electron chi connectivity index (χ1n) is 10.0. The lowest BCUT2D eigenvalue weighted by Gasteiger charge is -2.27. The van der Waals surface area contributed by atoms with Crippen molar-refractivity contribution in [2.45, 2.75) is 6.16 Å². The van der Waals surface area contributed by atoms with Gasteiger partial charge in [0.15, 0.2) is 4.96 Å². The van der Waals surface area contributed by atoms with Gasteiger partial charge in [0.05, 0.1) is 0 Å². The Morgan fingerprint density at radius 1 is 0.781 bits per heavy atom. The van der Waals surface area contributed by atoms with Crippen LogP contribution in [0.2, 0.25) is 9.36 Å². The smallest absolute Gasteiger partial charge is 0.267 e. The van der Waals surface area contributed by atoms with Crippen LogP contribution in [0.3, 0.4) is 0 Å². The molecule has 32 heavy (non-hydrogen) atoms. The van der Waals surface area contributed by atoms with E-state index in [2.05, 4.69) is 72.8 Å². The molecule has 0 atom stereocenters. The molecule has 0 aliphatic carbocycles. The third-order valence-electron chi connectivity index (χ3n) is 5.49. The summed E-state index contributed by atoms with van der Waals surface area (Å²) in [5.74, 6) is 0. The molecule has 0 aliphatic rings. The van der Waals surface area contributed by atoms with Gasteiger partial charge >= 0.3 is 0 Å². The molecule has 0 fully saturated rings. The normalized spacial score (nSPS) is 11.7. The Morgan fingerprint density at radius 2 is 1.25 bits per heavy atom. The molecule has 5 aromatic rings. The van der Waals surface area contributed by atoms with E-state index in [-0.39, 0.29) is 10.6 Å². The van der Waals surface area contributed by atoms with Gasteiger partial charge in [-0.1, -0.05) is 89.1 Å². The lowest BCUT2D eigenvalue weighted by Crippen LogP contribution is -2.33. The van der Waals surface area contributed by atoms with Crippen molar-refractivity contribution in [2.75, 3.05) is 0 Å². The summed E-state index contributed by atoms with van der Waals surface area (Å²) in [5.41, 5.74) is 0.308. The average molecular weight is 496 g/mol. The highest BCUT2D eigenvalue weighted by atomic mass is 35.5. The highest BCUT2D eigenvalue weighted by Crippen LogP contribution is 2.58. The molecule has 7 heteroatoms. The Morgan fingerprint density at radius 3 is 1.72 bits per heavy atom. The molecule has 5 rings (SSSR count). The largest absolute Gasteiger partial charge is 0.277 e. The van der Waals surface area contributed by atoms with Gasteiger partial charge < -0.3 is 0 Å². The zero-order valence-electron chi connectivity index (χ0n) is 16.9. The molecule has 3 nitrogen and oxygen atoms in total. The molecule has 0 aliphatic heterocycles. The second-order valence-corrected chi connectivity index (χ2v) is 12.8. The molecule has 0 radical (unpaired) electrons. The maximum atomic E-state index is 13.0. The fourth-order valence-electron chi connectivity index (χ4n) is 4.03. The summed E-state index contributed by atoms with van der Waals surface area (Å²) in [6.07, 6.45) is 2.10. The van der Waals surface area contributed by atoms with E-state index in [1.54, 1.807) is 6.20 Å². The Balaban J connectivity index is 1.82. The lowest BCUT2D eigenvalue weighted by molar-refractivity contribution is 1.04. The first-order chi connectivity index (χ1) is 15.6. The molecular formula is C25H18Cl2N2OPS+. The van der Waals surface area contributed by atoms with Crippen LogP contribution < -0.4 is 21.5 Å². The molecule has 2 aromatic heterocycles. The number of fused-ring (bicyclic) bond motifs is 1. The predicted octanol–water partition coefficient (Wildman–Crippen LogP) is 5.56. The molecule has 0 spiro atoms. The van der Waals surface area contributed by atoms with E-state index in [4.69, 9.17) is 28.2 Å². The van der Waals surface area contributed by atoms with Crippen molar-refractivity contribution in [3.8, 4) is 0 Å². The topological polar surface area (TPSA) is 34.4 Å². The van der Waals surface area contributed by atoms with Crippen LogP contribution in [0.5, 0.6) is 0 Å². The van der Waals surface area contributed by atoms with Crippen LogP contribution in [0.15, 0.2) is 102 Å². The second-order valence-electron chi connectivity index (χ2n) is 7.34. The molecule has 158 valence electrons. The van der Waals surface area contributed by atoms with Crippen LogP contribution in [-0.2, 0) is 6.16 Å². The van der Waals surface area contributed by atoms with Crippen molar-refractivity contribution in [1.82, 2.24) is 9.38 Å². The number of benzene rings is 3. The predicted molar refractivity (Wildman–Crippen MR) is 138 cm³/mol. The highest BCUT2D eigenvalue weighted by molar-refractivity contribution is 7.95. The van der Waals surface area contributed by atoms with Gasteiger partial charge in [0, 0.05) is 6.20 Å². The van der Waals surface area contributed by atoms with E-state index in [0.717, 1.165) is 0 Å². The zero-order chi connectivity index (χ0) is 22.1. The van der Waals surface area contributed by atoms with Crippen LogP contribution in [0.1, 0.15) is 5.69 Å². The fourth-order valence-corrected chi connectivity index (χ4v) is 9.52. The number of hydrogen-bond donors (Lipinski definition) is 0. The van der Waals surface area contributed by atoms with E-state index in [1.165, 1.54) is 31.7 Å². The molecule has 0 saturated carbocycles. The molecular weight excluding hydrogens is 478 g/mol. The van der Waals surface area contributed by atoms with Crippen molar-refractivity contribution in [1.29, 1.82) is 0 Å². The summed E-state index contributed by atoms with van der Waals surface area (Å²) < 4.78 is 1.92. The molecule has 0 N–H and O–H groups in total. The maximum absolute atomic E-state index is 13.0. The van der Waals surface area contributed by atoms with Crippen LogP contribution in [0.4, 0.5) is 0 Å². The van der Waals surface area contributed by atoms with Gasteiger partial charge in [0.25, 0.3) is 5.56 Å². The number of halogens is 2. The number of thiazole rings is 1. The van der Waals surface area contributed by atoms with Gasteiger partial charge in [0.2, 0.25) is 0 Å². The molecule has 0 unspecified atom stereocenters. The van der Waals surface area contributed by atoms with E-state index >= 15 is 0 Å². The summed E-state index contributed by atoms with van der Waals surface area (Å²) in [6.45, 7) is 0. The van der Waals surface area contributed by atoms with Gasteiger partial charge in [-0.2, -0.15) is 0 Å². The molecule has 0 saturated heterocycles. The van der Waals surface area contributed by atoms with Gasteiger partial charge in [-0.05, 0) is 36.4 Å². The molecule has 3 aromatic carbocycles. The Hall–Kier alpha value is -2.49. The van der Waals surface area contributed by atoms with Crippen LogP contribution >= 0.6 is 41.8 Å². The zero-order valence-corrected chi connectivity index (χ0v) is 20.1. The van der Waals surface area contributed by atoms with Crippen LogP contribution in [0.25, 0.3) is 4.96 Å². The van der Waals surface area contributed by atoms with Gasteiger partial charge in [-0.25, -0.2) is 4.98 Å². The van der Waals surface area contributed by atoms with Crippen molar-refractivity contribution in [3.05, 3.63) is 123 Å². The number of rotatable bonds is 5. The van der Waals surface area contributed by atoms with Crippen molar-refractivity contribution >= 4 is 62.7 Å². The van der Waals surface area contributed by atoms with Crippen molar-refractivity contribution < 1.29 is 0 Å². The quantitative estimate of drug-likeness (QED) is 0.299. The van der Waals surface area contributed by atoms with Crippen molar-refractivity contribution in [3.63, 3.8) is 0 Å². The summed E-state index contributed by atoms with van der Waals surface area (Å²) in [7, 11) is -2.22. The average Bonchev–Trinajstić information content (AvgIpc) is 3.22. The second kappa shape index (κ2) is 8.80. The first kappa shape index (κ1) is 21.4. The van der Waals surface area contributed by atoms with Gasteiger partial charge in [-0.15, -0.1) is 0 Å². The first-order valence-corrected chi connectivity index (χ1v) is 13.6. The molecule has 2 heterocycles. The SMILES string of the molecule is O=c1c(Cl)c(C[P+](c2ccccc2)(c2ccccc2)c2ccccc2)nc2sc(Cl)cn12. The van der Waals surface area contributed by atoms with Crippen LogP contribution in [-0.4, -0.2) is 9.38 Å².